The van der Waals surface area contributed by atoms with Crippen LogP contribution in [0.1, 0.15) is 26.3 Å². The smallest absolute Gasteiger partial charge is 0.164 e. The Kier molecular flexibility index (Phi) is 5.89. The van der Waals surface area contributed by atoms with E-state index in [9.17, 15) is 15.0 Å². The van der Waals surface area contributed by atoms with Crippen molar-refractivity contribution in [1.29, 1.82) is 0 Å². The fraction of sp³-hybridized carbons (Fsp3) is 0.588. The highest BCUT2D eigenvalue weighted by Crippen LogP contribution is 2.31. The molecule has 128 valence electrons. The molecular formula is C17H24O6. The molecule has 1 heterocycles. The first-order chi connectivity index (χ1) is 10.8. The number of Topliss-reactive ketones (excluding diaryl/α,β-unsaturated/α-hetero) is 1. The van der Waals surface area contributed by atoms with Crippen LogP contribution in [0.4, 0.5) is 0 Å². The van der Waals surface area contributed by atoms with Gasteiger partial charge in [0.05, 0.1) is 13.2 Å². The van der Waals surface area contributed by atoms with Crippen LogP contribution in [0.15, 0.2) is 30.3 Å². The van der Waals surface area contributed by atoms with Gasteiger partial charge < -0.3 is 24.4 Å². The summed E-state index contributed by atoms with van der Waals surface area (Å²) in [6.07, 6.45) is -4.27. The third-order valence-electron chi connectivity index (χ3n) is 3.69. The summed E-state index contributed by atoms with van der Waals surface area (Å²) in [6, 6.07) is 9.67. The molecular weight excluding hydrogens is 300 g/mol. The van der Waals surface area contributed by atoms with Gasteiger partial charge in [0, 0.05) is 0 Å². The van der Waals surface area contributed by atoms with Gasteiger partial charge in [-0.1, -0.05) is 30.3 Å². The molecule has 23 heavy (non-hydrogen) atoms. The molecule has 6 heteroatoms. The van der Waals surface area contributed by atoms with E-state index < -0.39 is 36.0 Å². The normalized spacial score (nSPS) is 26.0. The predicted molar refractivity (Wildman–Crippen MR) is 82.6 cm³/mol. The molecule has 0 spiro atoms. The summed E-state index contributed by atoms with van der Waals surface area (Å²) in [6.45, 7) is 5.23. The molecule has 1 aromatic rings. The van der Waals surface area contributed by atoms with Crippen LogP contribution in [0, 0.1) is 0 Å². The molecule has 1 fully saturated rings. The number of ether oxygens (including phenoxy) is 3. The Bertz CT molecular complexity index is 515. The standard InChI is InChI=1S/C17H24O6/c1-11(18)14(19)15(20)16-13(22-17(2,3)23-16)10-21-9-12-7-5-4-6-8-12/h4-8,13-16,19-20H,9-10H2,1-3H3/t13-,14+,15+,16+/m0/s1. The molecule has 4 atom stereocenters. The van der Waals surface area contributed by atoms with Crippen molar-refractivity contribution in [1.82, 2.24) is 0 Å². The van der Waals surface area contributed by atoms with Gasteiger partial charge in [-0.05, 0) is 26.3 Å². The van der Waals surface area contributed by atoms with Crippen molar-refractivity contribution >= 4 is 5.78 Å². The number of aliphatic hydroxyl groups is 2. The summed E-state index contributed by atoms with van der Waals surface area (Å²) in [7, 11) is 0. The lowest BCUT2D eigenvalue weighted by Crippen LogP contribution is -2.47. The van der Waals surface area contributed by atoms with Gasteiger partial charge in [-0.2, -0.15) is 0 Å². The summed E-state index contributed by atoms with van der Waals surface area (Å²) < 4.78 is 17.0. The molecule has 0 amide bonds. The largest absolute Gasteiger partial charge is 0.387 e. The van der Waals surface area contributed by atoms with E-state index in [0.29, 0.717) is 6.61 Å². The number of aliphatic hydroxyl groups excluding tert-OH is 2. The molecule has 2 rings (SSSR count). The van der Waals surface area contributed by atoms with E-state index in [-0.39, 0.29) is 6.61 Å². The lowest BCUT2D eigenvalue weighted by Gasteiger charge is -2.25. The number of hydrogen-bond acceptors (Lipinski definition) is 6. The van der Waals surface area contributed by atoms with E-state index >= 15 is 0 Å². The average Bonchev–Trinajstić information content (AvgIpc) is 2.81. The first-order valence-corrected chi connectivity index (χ1v) is 7.64. The van der Waals surface area contributed by atoms with Gasteiger partial charge in [-0.15, -0.1) is 0 Å². The maximum Gasteiger partial charge on any atom is 0.164 e. The van der Waals surface area contributed by atoms with E-state index in [1.807, 2.05) is 30.3 Å². The zero-order valence-electron chi connectivity index (χ0n) is 13.6. The molecule has 0 unspecified atom stereocenters. The quantitative estimate of drug-likeness (QED) is 0.779. The minimum Gasteiger partial charge on any atom is -0.387 e. The number of carbonyl (C=O) groups excluding carboxylic acids is 1. The van der Waals surface area contributed by atoms with Crippen LogP contribution in [0.3, 0.4) is 0 Å². The van der Waals surface area contributed by atoms with Crippen molar-refractivity contribution in [2.75, 3.05) is 6.61 Å². The summed E-state index contributed by atoms with van der Waals surface area (Å²) in [5.41, 5.74) is 1.02. The molecule has 0 aliphatic carbocycles. The fourth-order valence-corrected chi connectivity index (χ4v) is 2.57. The minimum atomic E-state index is -1.51. The Morgan fingerprint density at radius 3 is 2.52 bits per heavy atom. The van der Waals surface area contributed by atoms with Gasteiger partial charge >= 0.3 is 0 Å². The lowest BCUT2D eigenvalue weighted by molar-refractivity contribution is -0.166. The highest BCUT2D eigenvalue weighted by Gasteiger charge is 2.47. The molecule has 6 nitrogen and oxygen atoms in total. The van der Waals surface area contributed by atoms with Crippen molar-refractivity contribution < 1.29 is 29.2 Å². The van der Waals surface area contributed by atoms with Gasteiger partial charge in [-0.3, -0.25) is 4.79 Å². The highest BCUT2D eigenvalue weighted by molar-refractivity contribution is 5.80. The van der Waals surface area contributed by atoms with E-state index in [2.05, 4.69) is 0 Å². The second kappa shape index (κ2) is 7.51. The number of carbonyl (C=O) groups is 1. The Morgan fingerprint density at radius 1 is 1.26 bits per heavy atom. The summed E-state index contributed by atoms with van der Waals surface area (Å²) in [4.78, 5) is 11.3. The van der Waals surface area contributed by atoms with Crippen molar-refractivity contribution in [3.05, 3.63) is 35.9 Å². The van der Waals surface area contributed by atoms with Gasteiger partial charge in [-0.25, -0.2) is 0 Å². The number of benzene rings is 1. The highest BCUT2D eigenvalue weighted by atomic mass is 16.8. The van der Waals surface area contributed by atoms with E-state index in [0.717, 1.165) is 5.56 Å². The fourth-order valence-electron chi connectivity index (χ4n) is 2.57. The molecule has 0 saturated carbocycles. The van der Waals surface area contributed by atoms with E-state index in [1.165, 1.54) is 6.92 Å². The average molecular weight is 324 g/mol. The molecule has 1 aliphatic rings. The Balaban J connectivity index is 1.95. The molecule has 2 N–H and O–H groups in total. The monoisotopic (exact) mass is 324 g/mol. The summed E-state index contributed by atoms with van der Waals surface area (Å²) in [5, 5.41) is 19.9. The molecule has 0 bridgehead atoms. The van der Waals surface area contributed by atoms with Crippen LogP contribution in [-0.2, 0) is 25.6 Å². The van der Waals surface area contributed by atoms with Crippen molar-refractivity contribution in [2.45, 2.75) is 57.6 Å². The predicted octanol–water partition coefficient (Wildman–Crippen LogP) is 1.03. The van der Waals surface area contributed by atoms with Gasteiger partial charge in [0.2, 0.25) is 0 Å². The second-order valence-corrected chi connectivity index (χ2v) is 6.19. The summed E-state index contributed by atoms with van der Waals surface area (Å²) in [5.74, 6) is -1.43. The Morgan fingerprint density at radius 2 is 1.91 bits per heavy atom. The topological polar surface area (TPSA) is 85.2 Å². The Labute approximate surface area is 136 Å². The molecule has 0 radical (unpaired) electrons. The summed E-state index contributed by atoms with van der Waals surface area (Å²) >= 11 is 0. The van der Waals surface area contributed by atoms with Crippen LogP contribution in [-0.4, -0.2) is 52.8 Å². The van der Waals surface area contributed by atoms with Crippen LogP contribution >= 0.6 is 0 Å². The first-order valence-electron chi connectivity index (χ1n) is 7.64. The number of ketones is 1. The maximum absolute atomic E-state index is 11.3. The van der Waals surface area contributed by atoms with Gasteiger partial charge in [0.25, 0.3) is 0 Å². The molecule has 0 aromatic heterocycles. The number of rotatable bonds is 7. The molecule has 1 aromatic carbocycles. The van der Waals surface area contributed by atoms with Crippen LogP contribution in [0.2, 0.25) is 0 Å². The zero-order valence-corrected chi connectivity index (χ0v) is 13.6. The third kappa shape index (κ3) is 4.83. The minimum absolute atomic E-state index is 0.185. The third-order valence-corrected chi connectivity index (χ3v) is 3.69. The van der Waals surface area contributed by atoms with Crippen molar-refractivity contribution in [3.63, 3.8) is 0 Å². The van der Waals surface area contributed by atoms with Crippen LogP contribution < -0.4 is 0 Å². The Hall–Kier alpha value is -1.31. The van der Waals surface area contributed by atoms with E-state index in [4.69, 9.17) is 14.2 Å². The van der Waals surface area contributed by atoms with Gasteiger partial charge in [0.15, 0.2) is 11.6 Å². The van der Waals surface area contributed by atoms with Crippen LogP contribution in [0.5, 0.6) is 0 Å². The van der Waals surface area contributed by atoms with Crippen molar-refractivity contribution in [3.8, 4) is 0 Å². The first kappa shape index (κ1) is 18.0. The lowest BCUT2D eigenvalue weighted by atomic mass is 10.0. The SMILES string of the molecule is CC(=O)[C@@H](O)[C@@H](O)[C@@H]1OC(C)(C)O[C@H]1COCc1ccccc1. The number of hydrogen-bond donors (Lipinski definition) is 2. The van der Waals surface area contributed by atoms with E-state index in [1.54, 1.807) is 13.8 Å². The van der Waals surface area contributed by atoms with Gasteiger partial charge in [0.1, 0.15) is 24.4 Å². The molecule has 1 saturated heterocycles. The maximum atomic E-state index is 11.3. The van der Waals surface area contributed by atoms with Crippen molar-refractivity contribution in [2.24, 2.45) is 0 Å². The second-order valence-electron chi connectivity index (χ2n) is 6.19. The zero-order chi connectivity index (χ0) is 17.0. The molecule has 1 aliphatic heterocycles. The van der Waals surface area contributed by atoms with Crippen LogP contribution in [0.25, 0.3) is 0 Å².